The van der Waals surface area contributed by atoms with Crippen LogP contribution < -0.4 is 9.64 Å². The number of benzene rings is 1. The van der Waals surface area contributed by atoms with Crippen molar-refractivity contribution in [2.45, 2.75) is 32.0 Å². The van der Waals surface area contributed by atoms with Gasteiger partial charge in [0, 0.05) is 57.3 Å². The van der Waals surface area contributed by atoms with Gasteiger partial charge in [0.1, 0.15) is 5.75 Å². The molecule has 7 nitrogen and oxygen atoms in total. The molecule has 1 atom stereocenters. The SMILES string of the molecule is COc1ccc(CN(Cc2cnc(N3CCOCC3)nc2)C[C@@H]2CCCO2)cc1. The van der Waals surface area contributed by atoms with Gasteiger partial charge in [0.15, 0.2) is 0 Å². The molecule has 1 aromatic carbocycles. The van der Waals surface area contributed by atoms with Gasteiger partial charge in [0.05, 0.1) is 26.4 Å². The number of ether oxygens (including phenoxy) is 3. The highest BCUT2D eigenvalue weighted by Gasteiger charge is 2.20. The number of hydrogen-bond acceptors (Lipinski definition) is 7. The van der Waals surface area contributed by atoms with E-state index in [1.165, 1.54) is 5.56 Å². The van der Waals surface area contributed by atoms with Crippen molar-refractivity contribution in [3.05, 3.63) is 47.8 Å². The molecule has 0 saturated carbocycles. The van der Waals surface area contributed by atoms with Gasteiger partial charge in [0.2, 0.25) is 5.95 Å². The van der Waals surface area contributed by atoms with E-state index in [-0.39, 0.29) is 0 Å². The average Bonchev–Trinajstić information content (AvgIpc) is 3.28. The van der Waals surface area contributed by atoms with Crippen molar-refractivity contribution in [1.82, 2.24) is 14.9 Å². The van der Waals surface area contributed by atoms with Crippen molar-refractivity contribution < 1.29 is 14.2 Å². The Labute approximate surface area is 172 Å². The molecule has 0 amide bonds. The molecule has 7 heteroatoms. The van der Waals surface area contributed by atoms with Gasteiger partial charge in [0.25, 0.3) is 0 Å². The molecule has 0 N–H and O–H groups in total. The highest BCUT2D eigenvalue weighted by molar-refractivity contribution is 5.30. The first-order chi connectivity index (χ1) is 14.3. The minimum atomic E-state index is 0.307. The molecule has 156 valence electrons. The number of hydrogen-bond donors (Lipinski definition) is 0. The minimum Gasteiger partial charge on any atom is -0.497 e. The molecule has 0 aliphatic carbocycles. The summed E-state index contributed by atoms with van der Waals surface area (Å²) in [6.07, 6.45) is 6.49. The normalized spacial score (nSPS) is 19.7. The number of methoxy groups -OCH3 is 1. The molecule has 0 unspecified atom stereocenters. The van der Waals surface area contributed by atoms with Gasteiger partial charge in [-0.25, -0.2) is 9.97 Å². The lowest BCUT2D eigenvalue weighted by Crippen LogP contribution is -2.37. The van der Waals surface area contributed by atoms with E-state index < -0.39 is 0 Å². The molecule has 4 rings (SSSR count). The lowest BCUT2D eigenvalue weighted by Gasteiger charge is -2.27. The highest BCUT2D eigenvalue weighted by atomic mass is 16.5. The molecule has 2 fully saturated rings. The van der Waals surface area contributed by atoms with E-state index in [4.69, 9.17) is 14.2 Å². The van der Waals surface area contributed by atoms with E-state index in [0.717, 1.165) is 82.6 Å². The van der Waals surface area contributed by atoms with Crippen LogP contribution >= 0.6 is 0 Å². The summed E-state index contributed by atoms with van der Waals surface area (Å²) in [6.45, 7) is 6.62. The third kappa shape index (κ3) is 5.65. The average molecular weight is 399 g/mol. The van der Waals surface area contributed by atoms with Crippen molar-refractivity contribution in [2.24, 2.45) is 0 Å². The van der Waals surface area contributed by atoms with Crippen molar-refractivity contribution in [3.63, 3.8) is 0 Å². The first-order valence-electron chi connectivity index (χ1n) is 10.4. The Morgan fingerprint density at radius 3 is 2.41 bits per heavy atom. The molecule has 2 aliphatic heterocycles. The molecule has 3 heterocycles. The monoisotopic (exact) mass is 398 g/mol. The van der Waals surface area contributed by atoms with Crippen LogP contribution in [-0.4, -0.2) is 67.5 Å². The van der Waals surface area contributed by atoms with Gasteiger partial charge >= 0.3 is 0 Å². The van der Waals surface area contributed by atoms with E-state index in [1.807, 2.05) is 24.5 Å². The van der Waals surface area contributed by atoms with Crippen LogP contribution in [0.15, 0.2) is 36.7 Å². The number of nitrogens with zero attached hydrogens (tertiary/aromatic N) is 4. The molecule has 2 aliphatic rings. The Morgan fingerprint density at radius 1 is 1.03 bits per heavy atom. The van der Waals surface area contributed by atoms with E-state index in [9.17, 15) is 0 Å². The second-order valence-corrected chi connectivity index (χ2v) is 7.64. The van der Waals surface area contributed by atoms with Gasteiger partial charge in [-0.2, -0.15) is 0 Å². The fraction of sp³-hybridized carbons (Fsp3) is 0.545. The Hall–Kier alpha value is -2.22. The van der Waals surface area contributed by atoms with Gasteiger partial charge in [-0.3, -0.25) is 4.90 Å². The van der Waals surface area contributed by atoms with Crippen LogP contribution in [0.1, 0.15) is 24.0 Å². The summed E-state index contributed by atoms with van der Waals surface area (Å²) >= 11 is 0. The lowest BCUT2D eigenvalue weighted by atomic mass is 10.1. The topological polar surface area (TPSA) is 60.0 Å². The van der Waals surface area contributed by atoms with Crippen LogP contribution in [0.3, 0.4) is 0 Å². The molecule has 2 saturated heterocycles. The second-order valence-electron chi connectivity index (χ2n) is 7.64. The minimum absolute atomic E-state index is 0.307. The maximum Gasteiger partial charge on any atom is 0.225 e. The summed E-state index contributed by atoms with van der Waals surface area (Å²) in [5.74, 6) is 1.67. The largest absolute Gasteiger partial charge is 0.497 e. The predicted molar refractivity (Wildman–Crippen MR) is 111 cm³/mol. The third-order valence-corrected chi connectivity index (χ3v) is 5.44. The quantitative estimate of drug-likeness (QED) is 0.677. The molecule has 0 spiro atoms. The zero-order valence-electron chi connectivity index (χ0n) is 17.1. The first kappa shape index (κ1) is 20.1. The third-order valence-electron chi connectivity index (χ3n) is 5.44. The first-order valence-corrected chi connectivity index (χ1v) is 10.4. The standard InChI is InChI=1S/C22H30N4O3/c1-27-20-6-4-18(5-7-20)15-25(17-21-3-2-10-29-21)16-19-13-23-22(24-14-19)26-8-11-28-12-9-26/h4-7,13-14,21H,2-3,8-12,15-17H2,1H3/t21-/m0/s1. The van der Waals surface area contributed by atoms with Crippen molar-refractivity contribution in [3.8, 4) is 5.75 Å². The van der Waals surface area contributed by atoms with Gasteiger partial charge in [-0.05, 0) is 30.5 Å². The van der Waals surface area contributed by atoms with E-state index in [2.05, 4.69) is 31.9 Å². The molecule has 0 bridgehead atoms. The molecule has 1 aromatic heterocycles. The summed E-state index contributed by atoms with van der Waals surface area (Å²) in [5, 5.41) is 0. The van der Waals surface area contributed by atoms with E-state index in [0.29, 0.717) is 6.10 Å². The van der Waals surface area contributed by atoms with Crippen molar-refractivity contribution >= 4 is 5.95 Å². The Bertz CT molecular complexity index is 742. The molecule has 0 radical (unpaired) electrons. The highest BCUT2D eigenvalue weighted by Crippen LogP contribution is 2.19. The van der Waals surface area contributed by atoms with Crippen molar-refractivity contribution in [2.75, 3.05) is 51.5 Å². The van der Waals surface area contributed by atoms with Gasteiger partial charge in [-0.15, -0.1) is 0 Å². The van der Waals surface area contributed by atoms with Crippen LogP contribution in [-0.2, 0) is 22.6 Å². The summed E-state index contributed by atoms with van der Waals surface area (Å²) < 4.78 is 16.6. The molecular weight excluding hydrogens is 368 g/mol. The zero-order valence-corrected chi connectivity index (χ0v) is 17.1. The van der Waals surface area contributed by atoms with Gasteiger partial charge < -0.3 is 19.1 Å². The zero-order chi connectivity index (χ0) is 19.9. The molecular formula is C22H30N4O3. The van der Waals surface area contributed by atoms with Crippen LogP contribution in [0.4, 0.5) is 5.95 Å². The van der Waals surface area contributed by atoms with Gasteiger partial charge in [-0.1, -0.05) is 12.1 Å². The van der Waals surface area contributed by atoms with Crippen molar-refractivity contribution in [1.29, 1.82) is 0 Å². The Morgan fingerprint density at radius 2 is 1.76 bits per heavy atom. The summed E-state index contributed by atoms with van der Waals surface area (Å²) in [7, 11) is 1.69. The molecule has 29 heavy (non-hydrogen) atoms. The van der Waals surface area contributed by atoms with E-state index >= 15 is 0 Å². The molecule has 2 aromatic rings. The number of rotatable bonds is 8. The second kappa shape index (κ2) is 10.0. The summed E-state index contributed by atoms with van der Waals surface area (Å²) in [4.78, 5) is 13.8. The van der Waals surface area contributed by atoms with E-state index in [1.54, 1.807) is 7.11 Å². The van der Waals surface area contributed by atoms with Crippen LogP contribution in [0.25, 0.3) is 0 Å². The Kier molecular flexibility index (Phi) is 6.92. The summed E-state index contributed by atoms with van der Waals surface area (Å²) in [5.41, 5.74) is 2.38. The maximum atomic E-state index is 5.88. The van der Waals surface area contributed by atoms with Crippen LogP contribution in [0, 0.1) is 0 Å². The smallest absolute Gasteiger partial charge is 0.225 e. The number of aromatic nitrogens is 2. The fourth-order valence-corrected chi connectivity index (χ4v) is 3.86. The summed E-state index contributed by atoms with van der Waals surface area (Å²) in [6, 6.07) is 8.28. The fourth-order valence-electron chi connectivity index (χ4n) is 3.86. The Balaban J connectivity index is 1.42. The number of anilines is 1. The number of morpholine rings is 1. The van der Waals surface area contributed by atoms with Crippen LogP contribution in [0.5, 0.6) is 5.75 Å². The predicted octanol–water partition coefficient (Wildman–Crippen LogP) is 2.50. The lowest BCUT2D eigenvalue weighted by molar-refractivity contribution is 0.0678. The maximum absolute atomic E-state index is 5.88. The van der Waals surface area contributed by atoms with Crippen LogP contribution in [0.2, 0.25) is 0 Å².